The van der Waals surface area contributed by atoms with Crippen LogP contribution in [0.2, 0.25) is 0 Å². The molecule has 0 aromatic rings. The van der Waals surface area contributed by atoms with E-state index in [0.717, 1.165) is 12.8 Å². The number of rotatable bonds is 2. The van der Waals surface area contributed by atoms with Crippen molar-refractivity contribution < 1.29 is 14.4 Å². The number of carbonyl (C=O) groups excluding carboxylic acids is 3. The summed E-state index contributed by atoms with van der Waals surface area (Å²) < 4.78 is 0. The third-order valence-electron chi connectivity index (χ3n) is 3.75. The largest absolute Gasteiger partial charge is 0.328 e. The van der Waals surface area contributed by atoms with Gasteiger partial charge in [-0.05, 0) is 25.7 Å². The predicted octanol–water partition coefficient (Wildman–Crippen LogP) is -0.623. The summed E-state index contributed by atoms with van der Waals surface area (Å²) in [5.41, 5.74) is 5.80. The summed E-state index contributed by atoms with van der Waals surface area (Å²) >= 11 is 0. The summed E-state index contributed by atoms with van der Waals surface area (Å²) in [6, 6.07) is -0.458. The molecule has 18 heavy (non-hydrogen) atoms. The monoisotopic (exact) mass is 253 g/mol. The number of carbonyl (C=O) groups is 3. The molecular formula is C12H19N3O3. The van der Waals surface area contributed by atoms with Gasteiger partial charge in [-0.1, -0.05) is 6.92 Å². The van der Waals surface area contributed by atoms with E-state index < -0.39 is 11.9 Å². The maximum atomic E-state index is 12.3. The highest BCUT2D eigenvalue weighted by Gasteiger charge is 2.39. The Hall–Kier alpha value is -1.43. The third-order valence-corrected chi connectivity index (χ3v) is 3.75. The second-order valence-corrected chi connectivity index (χ2v) is 5.07. The van der Waals surface area contributed by atoms with Gasteiger partial charge in [0.05, 0.1) is 0 Å². The lowest BCUT2D eigenvalue weighted by Crippen LogP contribution is -2.60. The zero-order valence-corrected chi connectivity index (χ0v) is 10.5. The first-order valence-electron chi connectivity index (χ1n) is 6.42. The van der Waals surface area contributed by atoms with Crippen molar-refractivity contribution in [1.82, 2.24) is 10.2 Å². The van der Waals surface area contributed by atoms with Crippen molar-refractivity contribution in [2.24, 2.45) is 11.7 Å². The highest BCUT2D eigenvalue weighted by Crippen LogP contribution is 2.27. The van der Waals surface area contributed by atoms with Gasteiger partial charge in [-0.3, -0.25) is 19.7 Å². The van der Waals surface area contributed by atoms with Crippen LogP contribution in [0.1, 0.15) is 32.6 Å². The molecule has 0 aromatic carbocycles. The van der Waals surface area contributed by atoms with Crippen molar-refractivity contribution in [3.05, 3.63) is 0 Å². The summed E-state index contributed by atoms with van der Waals surface area (Å²) in [4.78, 5) is 36.8. The van der Waals surface area contributed by atoms with Gasteiger partial charge in [0.2, 0.25) is 17.7 Å². The molecule has 0 bridgehead atoms. The Kier molecular flexibility index (Phi) is 3.65. The van der Waals surface area contributed by atoms with E-state index in [1.807, 2.05) is 6.92 Å². The number of hydrogen-bond acceptors (Lipinski definition) is 4. The molecule has 2 fully saturated rings. The van der Waals surface area contributed by atoms with E-state index in [2.05, 4.69) is 5.32 Å². The van der Waals surface area contributed by atoms with Crippen molar-refractivity contribution in [2.75, 3.05) is 6.54 Å². The summed E-state index contributed by atoms with van der Waals surface area (Å²) in [7, 11) is 0. The molecule has 0 spiro atoms. The molecule has 100 valence electrons. The van der Waals surface area contributed by atoms with Crippen LogP contribution in [0.15, 0.2) is 0 Å². The zero-order valence-electron chi connectivity index (χ0n) is 10.5. The highest BCUT2D eigenvalue weighted by molar-refractivity contribution is 6.04. The summed E-state index contributed by atoms with van der Waals surface area (Å²) in [5, 5.41) is 2.27. The van der Waals surface area contributed by atoms with E-state index >= 15 is 0 Å². The lowest BCUT2D eigenvalue weighted by Gasteiger charge is -2.35. The van der Waals surface area contributed by atoms with Gasteiger partial charge in [0.25, 0.3) is 0 Å². The first-order chi connectivity index (χ1) is 8.52. The number of amides is 3. The van der Waals surface area contributed by atoms with Gasteiger partial charge in [-0.25, -0.2) is 0 Å². The summed E-state index contributed by atoms with van der Waals surface area (Å²) in [5.74, 6) is -1.00. The van der Waals surface area contributed by atoms with E-state index in [0.29, 0.717) is 12.8 Å². The predicted molar refractivity (Wildman–Crippen MR) is 64.3 cm³/mol. The Bertz CT molecular complexity index is 383. The number of nitrogens with zero attached hydrogens (tertiary/aromatic N) is 1. The molecule has 1 aliphatic heterocycles. The lowest BCUT2D eigenvalue weighted by molar-refractivity contribution is -0.152. The number of imide groups is 1. The van der Waals surface area contributed by atoms with Crippen LogP contribution >= 0.6 is 0 Å². The minimum atomic E-state index is -0.521. The van der Waals surface area contributed by atoms with Gasteiger partial charge in [-0.2, -0.15) is 0 Å². The van der Waals surface area contributed by atoms with Crippen LogP contribution in [-0.2, 0) is 14.4 Å². The summed E-state index contributed by atoms with van der Waals surface area (Å²) in [6.07, 6.45) is 2.76. The topological polar surface area (TPSA) is 92.5 Å². The summed E-state index contributed by atoms with van der Waals surface area (Å²) in [6.45, 7) is 1.82. The Labute approximate surface area is 106 Å². The van der Waals surface area contributed by atoms with Crippen LogP contribution in [0.5, 0.6) is 0 Å². The zero-order chi connectivity index (χ0) is 13.3. The molecule has 6 nitrogen and oxygen atoms in total. The van der Waals surface area contributed by atoms with Gasteiger partial charge >= 0.3 is 0 Å². The lowest BCUT2D eigenvalue weighted by atomic mass is 10.0. The normalized spacial score (nSPS) is 32.6. The average Bonchev–Trinajstić information content (AvgIpc) is 2.74. The molecule has 1 aliphatic carbocycles. The molecule has 3 amide bonds. The average molecular weight is 253 g/mol. The molecular weight excluding hydrogens is 234 g/mol. The fourth-order valence-electron chi connectivity index (χ4n) is 2.78. The Balaban J connectivity index is 2.11. The second-order valence-electron chi connectivity index (χ2n) is 5.07. The van der Waals surface area contributed by atoms with Gasteiger partial charge in [0.15, 0.2) is 0 Å². The van der Waals surface area contributed by atoms with Crippen molar-refractivity contribution in [1.29, 1.82) is 0 Å². The standard InChI is InChI=1S/C12H19N3O3/c1-2-9-11(17)14-10(16)6-15(9)12(18)7-3-4-8(13)5-7/h7-9H,2-6,13H2,1H3,(H,14,16,17). The third kappa shape index (κ3) is 2.38. The van der Waals surface area contributed by atoms with Gasteiger partial charge in [0, 0.05) is 12.0 Å². The minimum Gasteiger partial charge on any atom is -0.328 e. The van der Waals surface area contributed by atoms with E-state index in [-0.39, 0.29) is 30.3 Å². The first-order valence-corrected chi connectivity index (χ1v) is 6.42. The fraction of sp³-hybridized carbons (Fsp3) is 0.750. The molecule has 1 heterocycles. The Morgan fingerprint density at radius 3 is 2.72 bits per heavy atom. The molecule has 0 aromatic heterocycles. The van der Waals surface area contributed by atoms with Gasteiger partial charge in [0.1, 0.15) is 12.6 Å². The number of nitrogens with one attached hydrogen (secondary N) is 1. The van der Waals surface area contributed by atoms with E-state index in [1.165, 1.54) is 4.90 Å². The van der Waals surface area contributed by atoms with Crippen molar-refractivity contribution >= 4 is 17.7 Å². The van der Waals surface area contributed by atoms with Crippen molar-refractivity contribution in [3.63, 3.8) is 0 Å². The smallest absolute Gasteiger partial charge is 0.249 e. The minimum absolute atomic E-state index is 0.0190. The molecule has 3 unspecified atom stereocenters. The van der Waals surface area contributed by atoms with E-state index in [9.17, 15) is 14.4 Å². The van der Waals surface area contributed by atoms with Crippen LogP contribution < -0.4 is 11.1 Å². The highest BCUT2D eigenvalue weighted by atomic mass is 16.2. The Morgan fingerprint density at radius 2 is 2.17 bits per heavy atom. The van der Waals surface area contributed by atoms with Crippen LogP contribution in [0.3, 0.4) is 0 Å². The molecule has 2 aliphatic rings. The number of hydrogen-bond donors (Lipinski definition) is 2. The van der Waals surface area contributed by atoms with E-state index in [4.69, 9.17) is 5.73 Å². The quantitative estimate of drug-likeness (QED) is 0.641. The van der Waals surface area contributed by atoms with Gasteiger partial charge < -0.3 is 10.6 Å². The van der Waals surface area contributed by atoms with Crippen LogP contribution in [0, 0.1) is 5.92 Å². The number of piperazine rings is 1. The molecule has 1 saturated carbocycles. The molecule has 1 saturated heterocycles. The van der Waals surface area contributed by atoms with Crippen LogP contribution in [0.4, 0.5) is 0 Å². The van der Waals surface area contributed by atoms with E-state index in [1.54, 1.807) is 0 Å². The molecule has 0 radical (unpaired) electrons. The Morgan fingerprint density at radius 1 is 1.44 bits per heavy atom. The molecule has 2 rings (SSSR count). The SMILES string of the molecule is CCC1C(=O)NC(=O)CN1C(=O)C1CCC(N)C1. The van der Waals surface area contributed by atoms with Crippen molar-refractivity contribution in [2.45, 2.75) is 44.7 Å². The number of nitrogens with two attached hydrogens (primary N) is 1. The maximum absolute atomic E-state index is 12.3. The maximum Gasteiger partial charge on any atom is 0.249 e. The molecule has 3 atom stereocenters. The fourth-order valence-corrected chi connectivity index (χ4v) is 2.78. The van der Waals surface area contributed by atoms with Crippen LogP contribution in [0.25, 0.3) is 0 Å². The molecule has 3 N–H and O–H groups in total. The molecule has 6 heteroatoms. The second kappa shape index (κ2) is 5.06. The van der Waals surface area contributed by atoms with Crippen LogP contribution in [-0.4, -0.2) is 41.2 Å². The van der Waals surface area contributed by atoms with Crippen molar-refractivity contribution in [3.8, 4) is 0 Å². The first kappa shape index (κ1) is 13.0. The van der Waals surface area contributed by atoms with Gasteiger partial charge in [-0.15, -0.1) is 0 Å².